The summed E-state index contributed by atoms with van der Waals surface area (Å²) in [7, 11) is 0. The molecule has 2 aliphatic rings. The summed E-state index contributed by atoms with van der Waals surface area (Å²) >= 11 is 0. The minimum absolute atomic E-state index is 0.0890. The largest absolute Gasteiger partial charge is 0.354 e. The number of nitrogens with zero attached hydrogens (tertiary/aromatic N) is 4. The van der Waals surface area contributed by atoms with E-state index in [0.717, 1.165) is 50.3 Å². The molecule has 1 aliphatic heterocycles. The Labute approximate surface area is 165 Å². The first-order chi connectivity index (χ1) is 13.6. The van der Waals surface area contributed by atoms with E-state index >= 15 is 0 Å². The zero-order valence-corrected chi connectivity index (χ0v) is 16.3. The molecular formula is C21H27N5O2. The number of carbonyl (C=O) groups is 2. The van der Waals surface area contributed by atoms with E-state index in [1.54, 1.807) is 4.68 Å². The zero-order chi connectivity index (χ0) is 19.5. The van der Waals surface area contributed by atoms with Crippen LogP contribution in [0.15, 0.2) is 30.3 Å². The van der Waals surface area contributed by atoms with Crippen molar-refractivity contribution in [1.82, 2.24) is 20.3 Å². The van der Waals surface area contributed by atoms with Crippen molar-refractivity contribution in [3.05, 3.63) is 36.0 Å². The van der Waals surface area contributed by atoms with E-state index in [-0.39, 0.29) is 23.7 Å². The van der Waals surface area contributed by atoms with Crippen LogP contribution in [0.1, 0.15) is 55.9 Å². The van der Waals surface area contributed by atoms with Gasteiger partial charge in [0.1, 0.15) is 0 Å². The fourth-order valence-corrected chi connectivity index (χ4v) is 4.27. The van der Waals surface area contributed by atoms with Crippen LogP contribution in [0.3, 0.4) is 0 Å². The molecule has 0 bridgehead atoms. The summed E-state index contributed by atoms with van der Waals surface area (Å²) in [6, 6.07) is 9.95. The number of ketones is 1. The average molecular weight is 381 g/mol. The van der Waals surface area contributed by atoms with Gasteiger partial charge in [-0.3, -0.25) is 9.59 Å². The van der Waals surface area contributed by atoms with Crippen LogP contribution in [-0.2, 0) is 4.79 Å². The van der Waals surface area contributed by atoms with Crippen LogP contribution < -0.4 is 10.2 Å². The quantitative estimate of drug-likeness (QED) is 0.806. The van der Waals surface area contributed by atoms with Crippen molar-refractivity contribution in [1.29, 1.82) is 0 Å². The fraction of sp³-hybridized carbons (Fsp3) is 0.524. The number of anilines is 1. The zero-order valence-electron chi connectivity index (χ0n) is 16.3. The van der Waals surface area contributed by atoms with Gasteiger partial charge in [0.25, 0.3) is 0 Å². The SMILES string of the molecule is CC(=O)c1nnn(-c2ccccc2)c1N1CCC(NC(=O)C2CCCC2)CC1. The number of rotatable bonds is 5. The number of para-hydroxylation sites is 1. The lowest BCUT2D eigenvalue weighted by Gasteiger charge is -2.34. The van der Waals surface area contributed by atoms with Gasteiger partial charge in [0.2, 0.25) is 5.91 Å². The summed E-state index contributed by atoms with van der Waals surface area (Å²) in [4.78, 5) is 26.7. The number of nitrogens with one attached hydrogen (secondary N) is 1. The van der Waals surface area contributed by atoms with E-state index in [0.29, 0.717) is 5.69 Å². The summed E-state index contributed by atoms with van der Waals surface area (Å²) < 4.78 is 1.74. The van der Waals surface area contributed by atoms with Crippen LogP contribution in [0.4, 0.5) is 5.82 Å². The van der Waals surface area contributed by atoms with Gasteiger partial charge in [0, 0.05) is 32.0 Å². The summed E-state index contributed by atoms with van der Waals surface area (Å²) in [5, 5.41) is 11.6. The molecule has 148 valence electrons. The maximum atomic E-state index is 12.4. The number of piperidine rings is 1. The summed E-state index contributed by atoms with van der Waals surface area (Å²) in [5.74, 6) is 1.08. The molecule has 1 aliphatic carbocycles. The molecule has 0 spiro atoms. The first-order valence-electron chi connectivity index (χ1n) is 10.2. The number of hydrogen-bond donors (Lipinski definition) is 1. The van der Waals surface area contributed by atoms with Gasteiger partial charge in [0.15, 0.2) is 17.3 Å². The molecule has 1 aromatic heterocycles. The lowest BCUT2D eigenvalue weighted by atomic mass is 10.0. The number of carbonyl (C=O) groups excluding carboxylic acids is 2. The second-order valence-corrected chi connectivity index (χ2v) is 7.82. The standard InChI is InChI=1S/C21H27N5O2/c1-15(27)19-21(26(24-23-19)18-9-3-2-4-10-18)25-13-11-17(12-14-25)22-20(28)16-7-5-6-8-16/h2-4,9-10,16-17H,5-8,11-14H2,1H3,(H,22,28). The highest BCUT2D eigenvalue weighted by Gasteiger charge is 2.30. The number of Topliss-reactive ketones (excluding diaryl/α,β-unsaturated/α-hetero) is 1. The Balaban J connectivity index is 1.47. The molecule has 1 saturated carbocycles. The second kappa shape index (κ2) is 8.12. The molecule has 1 amide bonds. The minimum Gasteiger partial charge on any atom is -0.354 e. The molecule has 7 heteroatoms. The number of amides is 1. The van der Waals surface area contributed by atoms with Gasteiger partial charge in [-0.25, -0.2) is 0 Å². The monoisotopic (exact) mass is 381 g/mol. The summed E-state index contributed by atoms with van der Waals surface area (Å²) in [6.45, 7) is 3.05. The Kier molecular flexibility index (Phi) is 5.41. The van der Waals surface area contributed by atoms with Crippen molar-refractivity contribution in [2.24, 2.45) is 5.92 Å². The minimum atomic E-state index is -0.0890. The van der Waals surface area contributed by atoms with E-state index in [1.807, 2.05) is 30.3 Å². The predicted octanol–water partition coefficient (Wildman–Crippen LogP) is 2.75. The molecule has 1 N–H and O–H groups in total. The third-order valence-corrected chi connectivity index (χ3v) is 5.85. The topological polar surface area (TPSA) is 80.1 Å². The molecule has 2 aromatic rings. The van der Waals surface area contributed by atoms with Crippen LogP contribution in [0.5, 0.6) is 0 Å². The van der Waals surface area contributed by atoms with Crippen LogP contribution in [0, 0.1) is 5.92 Å². The highest BCUT2D eigenvalue weighted by molar-refractivity contribution is 5.97. The summed E-state index contributed by atoms with van der Waals surface area (Å²) in [5.41, 5.74) is 1.28. The molecule has 2 heterocycles. The third kappa shape index (κ3) is 3.79. The van der Waals surface area contributed by atoms with E-state index < -0.39 is 0 Å². The first-order valence-corrected chi connectivity index (χ1v) is 10.2. The molecular weight excluding hydrogens is 354 g/mol. The van der Waals surface area contributed by atoms with Gasteiger partial charge in [-0.05, 0) is 37.8 Å². The molecule has 7 nitrogen and oxygen atoms in total. The fourth-order valence-electron chi connectivity index (χ4n) is 4.27. The Morgan fingerprint density at radius 1 is 1.04 bits per heavy atom. The van der Waals surface area contributed by atoms with Crippen LogP contribution >= 0.6 is 0 Å². The normalized spacial score (nSPS) is 18.4. The van der Waals surface area contributed by atoms with Crippen molar-refractivity contribution in [3.8, 4) is 5.69 Å². The molecule has 0 atom stereocenters. The highest BCUT2D eigenvalue weighted by Crippen LogP contribution is 2.28. The van der Waals surface area contributed by atoms with Gasteiger partial charge >= 0.3 is 0 Å². The van der Waals surface area contributed by atoms with Crippen LogP contribution in [0.25, 0.3) is 5.69 Å². The average Bonchev–Trinajstić information content (AvgIpc) is 3.39. The van der Waals surface area contributed by atoms with Crippen molar-refractivity contribution in [2.45, 2.75) is 51.5 Å². The van der Waals surface area contributed by atoms with Gasteiger partial charge in [-0.2, -0.15) is 4.68 Å². The lowest BCUT2D eigenvalue weighted by molar-refractivity contribution is -0.125. The number of benzene rings is 1. The van der Waals surface area contributed by atoms with Crippen molar-refractivity contribution < 1.29 is 9.59 Å². The van der Waals surface area contributed by atoms with Gasteiger partial charge in [-0.1, -0.05) is 36.3 Å². The maximum absolute atomic E-state index is 12.4. The third-order valence-electron chi connectivity index (χ3n) is 5.85. The van der Waals surface area contributed by atoms with Crippen LogP contribution in [0.2, 0.25) is 0 Å². The van der Waals surface area contributed by atoms with E-state index in [2.05, 4.69) is 20.5 Å². The summed E-state index contributed by atoms with van der Waals surface area (Å²) in [6.07, 6.45) is 6.09. The highest BCUT2D eigenvalue weighted by atomic mass is 16.2. The van der Waals surface area contributed by atoms with E-state index in [9.17, 15) is 9.59 Å². The van der Waals surface area contributed by atoms with Gasteiger partial charge < -0.3 is 10.2 Å². The molecule has 1 aromatic carbocycles. The second-order valence-electron chi connectivity index (χ2n) is 7.82. The molecule has 0 radical (unpaired) electrons. The van der Waals surface area contributed by atoms with Gasteiger partial charge in [-0.15, -0.1) is 5.10 Å². The van der Waals surface area contributed by atoms with Gasteiger partial charge in [0.05, 0.1) is 5.69 Å². The number of aromatic nitrogens is 3. The molecule has 28 heavy (non-hydrogen) atoms. The molecule has 1 saturated heterocycles. The Hall–Kier alpha value is -2.70. The van der Waals surface area contributed by atoms with E-state index in [1.165, 1.54) is 19.8 Å². The Morgan fingerprint density at radius 2 is 1.71 bits per heavy atom. The Morgan fingerprint density at radius 3 is 2.36 bits per heavy atom. The molecule has 4 rings (SSSR count). The Bertz CT molecular complexity index is 834. The predicted molar refractivity (Wildman–Crippen MR) is 107 cm³/mol. The van der Waals surface area contributed by atoms with Crippen molar-refractivity contribution >= 4 is 17.5 Å². The first kappa shape index (κ1) is 18.7. The number of hydrogen-bond acceptors (Lipinski definition) is 5. The smallest absolute Gasteiger partial charge is 0.223 e. The van der Waals surface area contributed by atoms with E-state index in [4.69, 9.17) is 0 Å². The lowest BCUT2D eigenvalue weighted by Crippen LogP contribution is -2.46. The molecule has 2 fully saturated rings. The van der Waals surface area contributed by atoms with Crippen molar-refractivity contribution in [3.63, 3.8) is 0 Å². The maximum Gasteiger partial charge on any atom is 0.223 e. The van der Waals surface area contributed by atoms with Crippen molar-refractivity contribution in [2.75, 3.05) is 18.0 Å². The molecule has 0 unspecified atom stereocenters. The van der Waals surface area contributed by atoms with Crippen LogP contribution in [-0.4, -0.2) is 45.8 Å².